The van der Waals surface area contributed by atoms with Crippen LogP contribution in [0.25, 0.3) is 0 Å². The Balaban J connectivity index is 1.89. The minimum atomic E-state index is 0.183. The fourth-order valence-electron chi connectivity index (χ4n) is 1.81. The topological polar surface area (TPSA) is 57.4 Å². The van der Waals surface area contributed by atoms with Gasteiger partial charge in [0.25, 0.3) is 0 Å². The highest BCUT2D eigenvalue weighted by Gasteiger charge is 2.14. The number of aromatic nitrogens is 1. The van der Waals surface area contributed by atoms with Crippen molar-refractivity contribution in [3.8, 4) is 5.88 Å². The summed E-state index contributed by atoms with van der Waals surface area (Å²) in [5, 5.41) is 0.578. The molecule has 0 aromatic carbocycles. The van der Waals surface area contributed by atoms with Gasteiger partial charge < -0.3 is 15.2 Å². The lowest BCUT2D eigenvalue weighted by Gasteiger charge is -2.22. The zero-order valence-corrected chi connectivity index (χ0v) is 10.4. The van der Waals surface area contributed by atoms with Crippen molar-refractivity contribution < 1.29 is 9.47 Å². The molecule has 1 aromatic heterocycles. The molecule has 5 heteroatoms. The second-order valence-electron chi connectivity index (χ2n) is 4.12. The standard InChI is InChI=1S/C12H17ClN2O2/c13-11-7-15-12(5-9(11)6-14)17-8-10-3-1-2-4-16-10/h5,7,10H,1-4,6,8,14H2. The van der Waals surface area contributed by atoms with Crippen LogP contribution in [0.1, 0.15) is 24.8 Å². The molecule has 1 atom stereocenters. The van der Waals surface area contributed by atoms with Gasteiger partial charge >= 0.3 is 0 Å². The minimum Gasteiger partial charge on any atom is -0.475 e. The summed E-state index contributed by atoms with van der Waals surface area (Å²) in [6, 6.07) is 1.78. The summed E-state index contributed by atoms with van der Waals surface area (Å²) in [5.41, 5.74) is 6.41. The Bertz CT molecular complexity index is 368. The fourth-order valence-corrected chi connectivity index (χ4v) is 1.99. The highest BCUT2D eigenvalue weighted by molar-refractivity contribution is 6.31. The maximum atomic E-state index is 5.92. The van der Waals surface area contributed by atoms with Gasteiger partial charge in [-0.1, -0.05) is 11.6 Å². The molecule has 1 aromatic rings. The predicted molar refractivity (Wildman–Crippen MR) is 66.2 cm³/mol. The Morgan fingerprint density at radius 3 is 3.12 bits per heavy atom. The molecule has 1 aliphatic heterocycles. The first-order valence-electron chi connectivity index (χ1n) is 5.88. The Labute approximate surface area is 106 Å². The van der Waals surface area contributed by atoms with Crippen LogP contribution in [0, 0.1) is 0 Å². The van der Waals surface area contributed by atoms with Crippen LogP contribution in [0.3, 0.4) is 0 Å². The van der Waals surface area contributed by atoms with Crippen LogP contribution in [0.5, 0.6) is 5.88 Å². The Morgan fingerprint density at radius 1 is 1.53 bits per heavy atom. The van der Waals surface area contributed by atoms with Gasteiger partial charge in [-0.05, 0) is 24.8 Å². The SMILES string of the molecule is NCc1cc(OCC2CCCCO2)ncc1Cl. The summed E-state index contributed by atoms with van der Waals surface area (Å²) in [4.78, 5) is 4.11. The normalized spacial score (nSPS) is 20.2. The molecular weight excluding hydrogens is 240 g/mol. The van der Waals surface area contributed by atoms with Crippen LogP contribution in [0.2, 0.25) is 5.02 Å². The van der Waals surface area contributed by atoms with E-state index in [9.17, 15) is 0 Å². The van der Waals surface area contributed by atoms with E-state index in [0.29, 0.717) is 24.1 Å². The molecule has 0 amide bonds. The fraction of sp³-hybridized carbons (Fsp3) is 0.583. The van der Waals surface area contributed by atoms with Gasteiger partial charge in [-0.2, -0.15) is 0 Å². The zero-order valence-electron chi connectivity index (χ0n) is 9.69. The van der Waals surface area contributed by atoms with Crippen LogP contribution in [-0.4, -0.2) is 24.3 Å². The third-order valence-corrected chi connectivity index (χ3v) is 3.16. The molecule has 0 spiro atoms. The predicted octanol–water partition coefficient (Wildman–Crippen LogP) is 2.14. The maximum Gasteiger partial charge on any atom is 0.213 e. The van der Waals surface area contributed by atoms with E-state index in [1.165, 1.54) is 6.42 Å². The van der Waals surface area contributed by atoms with E-state index >= 15 is 0 Å². The maximum absolute atomic E-state index is 5.92. The van der Waals surface area contributed by atoms with E-state index in [2.05, 4.69) is 4.98 Å². The number of pyridine rings is 1. The van der Waals surface area contributed by atoms with Gasteiger partial charge in [0.05, 0.1) is 11.1 Å². The van der Waals surface area contributed by atoms with E-state index in [4.69, 9.17) is 26.8 Å². The third-order valence-electron chi connectivity index (χ3n) is 2.82. The van der Waals surface area contributed by atoms with Gasteiger partial charge in [0.15, 0.2) is 0 Å². The molecule has 4 nitrogen and oxygen atoms in total. The summed E-state index contributed by atoms with van der Waals surface area (Å²) < 4.78 is 11.2. The molecule has 1 fully saturated rings. The first-order valence-corrected chi connectivity index (χ1v) is 6.26. The van der Waals surface area contributed by atoms with Gasteiger partial charge in [0, 0.05) is 25.4 Å². The molecule has 2 rings (SSSR count). The van der Waals surface area contributed by atoms with E-state index in [1.54, 1.807) is 12.3 Å². The summed E-state index contributed by atoms with van der Waals surface area (Å²) >= 11 is 5.92. The molecule has 1 unspecified atom stereocenters. The minimum absolute atomic E-state index is 0.183. The second kappa shape index (κ2) is 6.19. The van der Waals surface area contributed by atoms with Crippen molar-refractivity contribution in [1.29, 1.82) is 0 Å². The second-order valence-corrected chi connectivity index (χ2v) is 4.52. The molecule has 0 radical (unpaired) electrons. The van der Waals surface area contributed by atoms with Crippen LogP contribution in [0.4, 0.5) is 0 Å². The van der Waals surface area contributed by atoms with Crippen LogP contribution in [0.15, 0.2) is 12.3 Å². The van der Waals surface area contributed by atoms with Gasteiger partial charge in [-0.3, -0.25) is 0 Å². The van der Waals surface area contributed by atoms with E-state index < -0.39 is 0 Å². The largest absolute Gasteiger partial charge is 0.475 e. The van der Waals surface area contributed by atoms with Crippen molar-refractivity contribution in [1.82, 2.24) is 4.98 Å². The number of nitrogens with two attached hydrogens (primary N) is 1. The number of nitrogens with zero attached hydrogens (tertiary/aromatic N) is 1. The first kappa shape index (κ1) is 12.6. The van der Waals surface area contributed by atoms with Gasteiger partial charge in [0.2, 0.25) is 5.88 Å². The summed E-state index contributed by atoms with van der Waals surface area (Å²) in [6.07, 6.45) is 5.16. The van der Waals surface area contributed by atoms with Gasteiger partial charge in [0.1, 0.15) is 6.61 Å². The number of hydrogen-bond donors (Lipinski definition) is 1. The number of hydrogen-bond acceptors (Lipinski definition) is 4. The summed E-state index contributed by atoms with van der Waals surface area (Å²) in [7, 11) is 0. The average molecular weight is 257 g/mol. The first-order chi connectivity index (χ1) is 8.29. The van der Waals surface area contributed by atoms with Crippen LogP contribution >= 0.6 is 11.6 Å². The van der Waals surface area contributed by atoms with Crippen molar-refractivity contribution in [2.75, 3.05) is 13.2 Å². The highest BCUT2D eigenvalue weighted by Crippen LogP contribution is 2.20. The number of halogens is 1. The molecule has 0 bridgehead atoms. The Hall–Kier alpha value is -0.840. The number of rotatable bonds is 4. The van der Waals surface area contributed by atoms with Crippen LogP contribution < -0.4 is 10.5 Å². The van der Waals surface area contributed by atoms with E-state index in [1.807, 2.05) is 0 Å². The molecule has 0 saturated carbocycles. The molecule has 2 N–H and O–H groups in total. The third kappa shape index (κ3) is 3.56. The van der Waals surface area contributed by atoms with Crippen molar-refractivity contribution in [3.63, 3.8) is 0 Å². The Morgan fingerprint density at radius 2 is 2.41 bits per heavy atom. The van der Waals surface area contributed by atoms with E-state index in [-0.39, 0.29) is 6.10 Å². The van der Waals surface area contributed by atoms with Crippen molar-refractivity contribution in [2.45, 2.75) is 31.9 Å². The average Bonchev–Trinajstić information content (AvgIpc) is 2.39. The lowest BCUT2D eigenvalue weighted by atomic mass is 10.1. The van der Waals surface area contributed by atoms with Crippen molar-refractivity contribution >= 4 is 11.6 Å². The van der Waals surface area contributed by atoms with Crippen LogP contribution in [-0.2, 0) is 11.3 Å². The molecule has 0 aliphatic carbocycles. The van der Waals surface area contributed by atoms with Gasteiger partial charge in [-0.25, -0.2) is 4.98 Å². The smallest absolute Gasteiger partial charge is 0.213 e. The molecule has 1 aliphatic rings. The quantitative estimate of drug-likeness (QED) is 0.897. The zero-order chi connectivity index (χ0) is 12.1. The number of ether oxygens (including phenoxy) is 2. The molecule has 17 heavy (non-hydrogen) atoms. The molecule has 1 saturated heterocycles. The molecule has 2 heterocycles. The lowest BCUT2D eigenvalue weighted by molar-refractivity contribution is -0.0119. The van der Waals surface area contributed by atoms with Gasteiger partial charge in [-0.15, -0.1) is 0 Å². The summed E-state index contributed by atoms with van der Waals surface area (Å²) in [6.45, 7) is 1.76. The van der Waals surface area contributed by atoms with E-state index in [0.717, 1.165) is 25.0 Å². The van der Waals surface area contributed by atoms with Crippen molar-refractivity contribution in [3.05, 3.63) is 22.8 Å². The highest BCUT2D eigenvalue weighted by atomic mass is 35.5. The summed E-state index contributed by atoms with van der Waals surface area (Å²) in [5.74, 6) is 0.559. The lowest BCUT2D eigenvalue weighted by Crippen LogP contribution is -2.26. The van der Waals surface area contributed by atoms with Crippen molar-refractivity contribution in [2.24, 2.45) is 5.73 Å². The molecular formula is C12H17ClN2O2. The molecule has 94 valence electrons. The Kier molecular flexibility index (Phi) is 4.59. The monoisotopic (exact) mass is 256 g/mol.